The Bertz CT molecular complexity index is 2390. The van der Waals surface area contributed by atoms with Gasteiger partial charge in [-0.2, -0.15) is 0 Å². The average Bonchev–Trinajstić information content (AvgIpc) is 3.32. The Morgan fingerprint density at radius 2 is 0.800 bits per heavy atom. The molecule has 0 nitrogen and oxygen atoms in total. The molecule has 1 aliphatic carbocycles. The molecule has 9 rings (SSSR count). The van der Waals surface area contributed by atoms with E-state index in [9.17, 15) is 0 Å². The monoisotopic (exact) mass is 572 g/mol. The standard InChI is InChI=1S/C45H32/c1-45(2)41-25-11-10-16-34(41)35-27-26-30(28-42(35)45)31-21-12-23-33-32(31)22-13-24-36(33)44-39-19-8-6-17-37(39)43(29-14-4-3-5-15-29)38-18-7-9-20-40(38)44/h3-28H,1-2H3. The molecule has 8 aromatic rings. The van der Waals surface area contributed by atoms with Crippen molar-refractivity contribution in [1.82, 2.24) is 0 Å². The maximum Gasteiger partial charge on any atom is 0.0159 e. The SMILES string of the molecule is CC1(C)c2ccccc2-c2ccc(-c3cccc4c(-c5c6ccccc6c(-c6ccccc6)c6ccccc56)cccc34)cc21. The van der Waals surface area contributed by atoms with Gasteiger partial charge in [0.1, 0.15) is 0 Å². The molecule has 0 heterocycles. The van der Waals surface area contributed by atoms with E-state index in [0.29, 0.717) is 0 Å². The minimum Gasteiger partial charge on any atom is -0.0622 e. The van der Waals surface area contributed by atoms with Gasteiger partial charge in [-0.25, -0.2) is 0 Å². The highest BCUT2D eigenvalue weighted by molar-refractivity contribution is 6.24. The van der Waals surface area contributed by atoms with Gasteiger partial charge in [-0.05, 0) is 94.0 Å². The van der Waals surface area contributed by atoms with Crippen LogP contribution in [0.3, 0.4) is 0 Å². The second kappa shape index (κ2) is 9.78. The van der Waals surface area contributed by atoms with Crippen molar-refractivity contribution in [2.24, 2.45) is 0 Å². The number of hydrogen-bond acceptors (Lipinski definition) is 0. The van der Waals surface area contributed by atoms with E-state index in [-0.39, 0.29) is 5.41 Å². The largest absolute Gasteiger partial charge is 0.0622 e. The normalized spacial score (nSPS) is 13.3. The van der Waals surface area contributed by atoms with Gasteiger partial charge in [0.15, 0.2) is 0 Å². The van der Waals surface area contributed by atoms with Crippen LogP contribution < -0.4 is 0 Å². The highest BCUT2D eigenvalue weighted by atomic mass is 14.4. The van der Waals surface area contributed by atoms with Crippen LogP contribution in [-0.2, 0) is 5.41 Å². The summed E-state index contributed by atoms with van der Waals surface area (Å²) in [5, 5.41) is 7.69. The van der Waals surface area contributed by atoms with Crippen molar-refractivity contribution in [1.29, 1.82) is 0 Å². The molecule has 0 atom stereocenters. The number of hydrogen-bond donors (Lipinski definition) is 0. The maximum atomic E-state index is 2.44. The van der Waals surface area contributed by atoms with Gasteiger partial charge in [-0.3, -0.25) is 0 Å². The van der Waals surface area contributed by atoms with Gasteiger partial charge in [0.05, 0.1) is 0 Å². The first-order chi connectivity index (χ1) is 22.1. The topological polar surface area (TPSA) is 0 Å². The lowest BCUT2D eigenvalue weighted by molar-refractivity contribution is 0.660. The van der Waals surface area contributed by atoms with Crippen molar-refractivity contribution in [3.05, 3.63) is 169 Å². The fraction of sp³-hybridized carbons (Fsp3) is 0.0667. The molecule has 45 heavy (non-hydrogen) atoms. The first kappa shape index (κ1) is 26.0. The van der Waals surface area contributed by atoms with Crippen molar-refractivity contribution in [2.45, 2.75) is 19.3 Å². The third-order valence-corrected chi connectivity index (χ3v) is 10.1. The summed E-state index contributed by atoms with van der Waals surface area (Å²) >= 11 is 0. The lowest BCUT2D eigenvalue weighted by Gasteiger charge is -2.22. The molecule has 0 unspecified atom stereocenters. The Hall–Kier alpha value is -5.46. The fourth-order valence-corrected chi connectivity index (χ4v) is 7.99. The van der Waals surface area contributed by atoms with E-state index in [1.807, 2.05) is 0 Å². The Labute approximate surface area is 264 Å². The summed E-state index contributed by atoms with van der Waals surface area (Å²) in [4.78, 5) is 0. The molecular weight excluding hydrogens is 540 g/mol. The zero-order chi connectivity index (χ0) is 30.1. The van der Waals surface area contributed by atoms with Crippen LogP contribution in [0, 0.1) is 0 Å². The van der Waals surface area contributed by atoms with Gasteiger partial charge >= 0.3 is 0 Å². The molecule has 0 heteroatoms. The summed E-state index contributed by atoms with van der Waals surface area (Å²) in [7, 11) is 0. The Balaban J connectivity index is 1.30. The van der Waals surface area contributed by atoms with Crippen LogP contribution >= 0.6 is 0 Å². The smallest absolute Gasteiger partial charge is 0.0159 e. The lowest BCUT2D eigenvalue weighted by atomic mass is 9.81. The first-order valence-electron chi connectivity index (χ1n) is 15.9. The zero-order valence-electron chi connectivity index (χ0n) is 25.5. The molecule has 0 amide bonds. The van der Waals surface area contributed by atoms with Crippen LogP contribution in [0.15, 0.2) is 158 Å². The fourth-order valence-electron chi connectivity index (χ4n) is 7.99. The third-order valence-electron chi connectivity index (χ3n) is 10.1. The summed E-state index contributed by atoms with van der Waals surface area (Å²) in [5.41, 5.74) is 13.2. The molecule has 1 aliphatic rings. The van der Waals surface area contributed by atoms with E-state index in [1.165, 1.54) is 88.0 Å². The first-order valence-corrected chi connectivity index (χ1v) is 15.9. The predicted molar refractivity (Wildman–Crippen MR) is 193 cm³/mol. The van der Waals surface area contributed by atoms with Crippen LogP contribution in [0.4, 0.5) is 0 Å². The molecule has 0 N–H and O–H groups in total. The van der Waals surface area contributed by atoms with E-state index < -0.39 is 0 Å². The van der Waals surface area contributed by atoms with Crippen LogP contribution in [0.2, 0.25) is 0 Å². The Morgan fingerprint density at radius 3 is 1.49 bits per heavy atom. The van der Waals surface area contributed by atoms with Crippen molar-refractivity contribution in [3.8, 4) is 44.5 Å². The van der Waals surface area contributed by atoms with Crippen molar-refractivity contribution >= 4 is 32.3 Å². The van der Waals surface area contributed by atoms with E-state index in [2.05, 4.69) is 172 Å². The molecule has 8 aromatic carbocycles. The number of benzene rings is 8. The molecule has 0 radical (unpaired) electrons. The second-order valence-electron chi connectivity index (χ2n) is 12.8. The Kier molecular flexibility index (Phi) is 5.64. The summed E-state index contributed by atoms with van der Waals surface area (Å²) in [6.07, 6.45) is 0. The van der Waals surface area contributed by atoms with Crippen molar-refractivity contribution < 1.29 is 0 Å². The second-order valence-corrected chi connectivity index (χ2v) is 12.8. The van der Waals surface area contributed by atoms with Gasteiger partial charge in [0, 0.05) is 5.41 Å². The number of fused-ring (bicyclic) bond motifs is 6. The van der Waals surface area contributed by atoms with Gasteiger partial charge in [0.2, 0.25) is 0 Å². The van der Waals surface area contributed by atoms with E-state index in [4.69, 9.17) is 0 Å². The predicted octanol–water partition coefficient (Wildman–Crippen LogP) is 12.5. The highest BCUT2D eigenvalue weighted by Crippen LogP contribution is 2.50. The molecule has 0 bridgehead atoms. The average molecular weight is 573 g/mol. The summed E-state index contributed by atoms with van der Waals surface area (Å²) in [6.45, 7) is 4.72. The molecule has 0 fully saturated rings. The van der Waals surface area contributed by atoms with Crippen LogP contribution in [0.25, 0.3) is 76.8 Å². The minimum atomic E-state index is -0.0317. The quantitative estimate of drug-likeness (QED) is 0.185. The molecule has 0 saturated heterocycles. The molecular formula is C45H32. The molecule has 0 aliphatic heterocycles. The molecule has 212 valence electrons. The van der Waals surface area contributed by atoms with Crippen molar-refractivity contribution in [3.63, 3.8) is 0 Å². The minimum absolute atomic E-state index is 0.0317. The molecule has 0 aromatic heterocycles. The molecule has 0 spiro atoms. The van der Waals surface area contributed by atoms with Gasteiger partial charge < -0.3 is 0 Å². The lowest BCUT2D eigenvalue weighted by Crippen LogP contribution is -2.14. The molecule has 0 saturated carbocycles. The van der Waals surface area contributed by atoms with Crippen LogP contribution in [0.1, 0.15) is 25.0 Å². The summed E-state index contributed by atoms with van der Waals surface area (Å²) in [5.74, 6) is 0. The van der Waals surface area contributed by atoms with Gasteiger partial charge in [-0.15, -0.1) is 0 Å². The van der Waals surface area contributed by atoms with E-state index in [1.54, 1.807) is 0 Å². The maximum absolute atomic E-state index is 2.44. The van der Waals surface area contributed by atoms with E-state index >= 15 is 0 Å². The van der Waals surface area contributed by atoms with Crippen LogP contribution in [0.5, 0.6) is 0 Å². The highest BCUT2D eigenvalue weighted by Gasteiger charge is 2.35. The number of rotatable bonds is 3. The van der Waals surface area contributed by atoms with E-state index in [0.717, 1.165) is 0 Å². The Morgan fingerprint density at radius 1 is 0.311 bits per heavy atom. The van der Waals surface area contributed by atoms with Crippen molar-refractivity contribution in [2.75, 3.05) is 0 Å². The third kappa shape index (κ3) is 3.79. The van der Waals surface area contributed by atoms with Crippen LogP contribution in [-0.4, -0.2) is 0 Å². The summed E-state index contributed by atoms with van der Waals surface area (Å²) in [6, 6.07) is 58.3. The van der Waals surface area contributed by atoms with Gasteiger partial charge in [-0.1, -0.05) is 166 Å². The zero-order valence-corrected chi connectivity index (χ0v) is 25.5. The summed E-state index contributed by atoms with van der Waals surface area (Å²) < 4.78 is 0. The van der Waals surface area contributed by atoms with Gasteiger partial charge in [0.25, 0.3) is 0 Å².